The van der Waals surface area contributed by atoms with Crippen molar-refractivity contribution in [3.8, 4) is 0 Å². The number of aliphatic imine (C=N–C) groups is 1. The Labute approximate surface area is 177 Å². The monoisotopic (exact) mass is 418 g/mol. The molecule has 8 heteroatoms. The Balaban J connectivity index is 1.67. The quantitative estimate of drug-likeness (QED) is 0.313. The molecule has 1 heterocycles. The van der Waals surface area contributed by atoms with Gasteiger partial charge in [-0.2, -0.15) is 5.10 Å². The van der Waals surface area contributed by atoms with Crippen LogP contribution in [-0.4, -0.2) is 41.3 Å². The van der Waals surface area contributed by atoms with Gasteiger partial charge in [0, 0.05) is 49.0 Å². The largest absolute Gasteiger partial charge is 0.357 e. The minimum Gasteiger partial charge on any atom is -0.357 e. The van der Waals surface area contributed by atoms with Gasteiger partial charge in [-0.1, -0.05) is 11.6 Å². The molecular formula is C21H31ClN6O. The highest BCUT2D eigenvalue weighted by molar-refractivity contribution is 6.30. The van der Waals surface area contributed by atoms with Gasteiger partial charge in [-0.05, 0) is 63.9 Å². The van der Waals surface area contributed by atoms with Crippen LogP contribution in [-0.2, 0) is 11.3 Å². The molecule has 0 aliphatic heterocycles. The number of benzene rings is 1. The van der Waals surface area contributed by atoms with E-state index in [4.69, 9.17) is 11.6 Å². The van der Waals surface area contributed by atoms with Gasteiger partial charge >= 0.3 is 0 Å². The zero-order chi connectivity index (χ0) is 21.1. The fraction of sp³-hybridized carbons (Fsp3) is 0.476. The van der Waals surface area contributed by atoms with Crippen LogP contribution in [0.4, 0.5) is 5.69 Å². The van der Waals surface area contributed by atoms with Crippen molar-refractivity contribution in [1.82, 2.24) is 20.4 Å². The molecule has 0 unspecified atom stereocenters. The molecule has 0 spiro atoms. The van der Waals surface area contributed by atoms with E-state index in [2.05, 4.69) is 39.0 Å². The second-order valence-electron chi connectivity index (χ2n) is 6.85. The van der Waals surface area contributed by atoms with Crippen LogP contribution in [0.15, 0.2) is 35.3 Å². The third kappa shape index (κ3) is 8.56. The molecule has 0 bridgehead atoms. The molecule has 3 N–H and O–H groups in total. The highest BCUT2D eigenvalue weighted by Crippen LogP contribution is 2.13. The first kappa shape index (κ1) is 22.7. The third-order valence-corrected chi connectivity index (χ3v) is 4.50. The Morgan fingerprint density at radius 3 is 2.59 bits per heavy atom. The van der Waals surface area contributed by atoms with Gasteiger partial charge in [0.25, 0.3) is 0 Å². The number of carbonyl (C=O) groups excluding carboxylic acids is 1. The van der Waals surface area contributed by atoms with Gasteiger partial charge in [0.1, 0.15) is 0 Å². The number of aromatic nitrogens is 2. The standard InChI is InChI=1S/C21H31ClN6O/c1-4-23-21(25-13-6-14-28-17(3)15-16(2)27-28)24-12-5-7-20(29)26-19-10-8-18(22)9-11-19/h8-11,15H,4-7,12-14H2,1-3H3,(H,26,29)(H2,23,24,25). The summed E-state index contributed by atoms with van der Waals surface area (Å²) in [4.78, 5) is 16.6. The molecule has 7 nitrogen and oxygen atoms in total. The first-order valence-corrected chi connectivity index (χ1v) is 10.4. The van der Waals surface area contributed by atoms with Gasteiger partial charge in [0.15, 0.2) is 5.96 Å². The van der Waals surface area contributed by atoms with E-state index in [1.807, 2.05) is 18.5 Å². The lowest BCUT2D eigenvalue weighted by Crippen LogP contribution is -2.38. The highest BCUT2D eigenvalue weighted by atomic mass is 35.5. The van der Waals surface area contributed by atoms with Crippen molar-refractivity contribution >= 4 is 29.2 Å². The normalized spacial score (nSPS) is 11.4. The van der Waals surface area contributed by atoms with Gasteiger partial charge < -0.3 is 16.0 Å². The zero-order valence-corrected chi connectivity index (χ0v) is 18.2. The number of nitrogens with zero attached hydrogens (tertiary/aromatic N) is 3. The van der Waals surface area contributed by atoms with Crippen molar-refractivity contribution in [2.75, 3.05) is 25.0 Å². The summed E-state index contributed by atoms with van der Waals surface area (Å²) < 4.78 is 2.02. The molecule has 0 atom stereocenters. The van der Waals surface area contributed by atoms with Crippen LogP contribution in [0.2, 0.25) is 5.02 Å². The molecule has 158 valence electrons. The van der Waals surface area contributed by atoms with Gasteiger partial charge in [-0.25, -0.2) is 0 Å². The predicted octanol–water partition coefficient (Wildman–Crippen LogP) is 3.52. The van der Waals surface area contributed by atoms with E-state index in [1.54, 1.807) is 24.3 Å². The van der Waals surface area contributed by atoms with E-state index in [-0.39, 0.29) is 5.91 Å². The molecule has 1 amide bonds. The summed E-state index contributed by atoms with van der Waals surface area (Å²) in [5, 5.41) is 14.5. The van der Waals surface area contributed by atoms with Crippen molar-refractivity contribution < 1.29 is 4.79 Å². The Morgan fingerprint density at radius 2 is 1.93 bits per heavy atom. The van der Waals surface area contributed by atoms with Crippen LogP contribution in [0.3, 0.4) is 0 Å². The Morgan fingerprint density at radius 1 is 1.17 bits per heavy atom. The van der Waals surface area contributed by atoms with Crippen molar-refractivity contribution in [3.05, 3.63) is 46.7 Å². The number of nitrogens with one attached hydrogen (secondary N) is 3. The minimum atomic E-state index is -0.0130. The molecule has 0 radical (unpaired) electrons. The third-order valence-electron chi connectivity index (χ3n) is 4.25. The maximum atomic E-state index is 12.0. The average Bonchev–Trinajstić information content (AvgIpc) is 3.01. The summed E-state index contributed by atoms with van der Waals surface area (Å²) in [6, 6.07) is 9.18. The topological polar surface area (TPSA) is 83.3 Å². The summed E-state index contributed by atoms with van der Waals surface area (Å²) in [6.45, 7) is 9.14. The number of carbonyl (C=O) groups is 1. The summed E-state index contributed by atoms with van der Waals surface area (Å²) in [7, 11) is 0. The number of guanidine groups is 1. The molecule has 0 fully saturated rings. The van der Waals surface area contributed by atoms with Crippen LogP contribution in [0.25, 0.3) is 0 Å². The predicted molar refractivity (Wildman–Crippen MR) is 120 cm³/mol. The molecule has 0 aliphatic carbocycles. The molecule has 0 saturated heterocycles. The van der Waals surface area contributed by atoms with Gasteiger partial charge in [-0.3, -0.25) is 14.5 Å². The lowest BCUT2D eigenvalue weighted by Gasteiger charge is -2.11. The number of aryl methyl sites for hydroxylation is 3. The van der Waals surface area contributed by atoms with Gasteiger partial charge in [-0.15, -0.1) is 0 Å². The van der Waals surface area contributed by atoms with Gasteiger partial charge in [0.2, 0.25) is 5.91 Å². The highest BCUT2D eigenvalue weighted by Gasteiger charge is 2.04. The Hall–Kier alpha value is -2.54. The second-order valence-corrected chi connectivity index (χ2v) is 7.29. The van der Waals surface area contributed by atoms with Crippen molar-refractivity contribution in [3.63, 3.8) is 0 Å². The molecular weight excluding hydrogens is 388 g/mol. The lowest BCUT2D eigenvalue weighted by atomic mass is 10.2. The van der Waals surface area contributed by atoms with E-state index in [0.29, 0.717) is 24.5 Å². The van der Waals surface area contributed by atoms with E-state index < -0.39 is 0 Å². The fourth-order valence-electron chi connectivity index (χ4n) is 2.87. The molecule has 29 heavy (non-hydrogen) atoms. The van der Waals surface area contributed by atoms with Crippen molar-refractivity contribution in [1.29, 1.82) is 0 Å². The summed E-state index contributed by atoms with van der Waals surface area (Å²) in [6.07, 6.45) is 2.07. The summed E-state index contributed by atoms with van der Waals surface area (Å²) in [5.41, 5.74) is 2.97. The van der Waals surface area contributed by atoms with Crippen molar-refractivity contribution in [2.45, 2.75) is 46.6 Å². The van der Waals surface area contributed by atoms with Gasteiger partial charge in [0.05, 0.1) is 5.69 Å². The van der Waals surface area contributed by atoms with Crippen LogP contribution >= 0.6 is 11.6 Å². The molecule has 2 aromatic rings. The van der Waals surface area contributed by atoms with E-state index in [9.17, 15) is 4.79 Å². The Kier molecular flexibility index (Phi) is 9.50. The van der Waals surface area contributed by atoms with Crippen LogP contribution in [0.1, 0.15) is 37.6 Å². The van der Waals surface area contributed by atoms with E-state index >= 15 is 0 Å². The maximum Gasteiger partial charge on any atom is 0.224 e. The number of amides is 1. The maximum absolute atomic E-state index is 12.0. The SMILES string of the molecule is CCNC(=NCCCn1nc(C)cc1C)NCCCC(=O)Nc1ccc(Cl)cc1. The Bertz CT molecular complexity index is 800. The number of halogens is 1. The lowest BCUT2D eigenvalue weighted by molar-refractivity contribution is -0.116. The van der Waals surface area contributed by atoms with Crippen LogP contribution in [0.5, 0.6) is 0 Å². The van der Waals surface area contributed by atoms with Crippen LogP contribution in [0, 0.1) is 13.8 Å². The molecule has 2 rings (SSSR count). The van der Waals surface area contributed by atoms with Crippen molar-refractivity contribution in [2.24, 2.45) is 4.99 Å². The molecule has 0 saturated carbocycles. The fourth-order valence-corrected chi connectivity index (χ4v) is 2.99. The number of anilines is 1. The first-order valence-electron chi connectivity index (χ1n) is 10.1. The molecule has 0 aliphatic rings. The minimum absolute atomic E-state index is 0.0130. The summed E-state index contributed by atoms with van der Waals surface area (Å²) >= 11 is 5.85. The molecule has 1 aromatic heterocycles. The first-order chi connectivity index (χ1) is 14.0. The van der Waals surface area contributed by atoms with E-state index in [0.717, 1.165) is 43.3 Å². The second kappa shape index (κ2) is 12.1. The van der Waals surface area contributed by atoms with E-state index in [1.165, 1.54) is 5.69 Å². The average molecular weight is 419 g/mol. The van der Waals surface area contributed by atoms with Crippen LogP contribution < -0.4 is 16.0 Å². The smallest absolute Gasteiger partial charge is 0.224 e. The zero-order valence-electron chi connectivity index (χ0n) is 17.5. The number of rotatable bonds is 10. The number of hydrogen-bond donors (Lipinski definition) is 3. The number of hydrogen-bond acceptors (Lipinski definition) is 3. The summed E-state index contributed by atoms with van der Waals surface area (Å²) in [5.74, 6) is 0.764. The molecule has 1 aromatic carbocycles.